The van der Waals surface area contributed by atoms with Gasteiger partial charge in [-0.15, -0.1) is 11.3 Å². The summed E-state index contributed by atoms with van der Waals surface area (Å²) in [5, 5.41) is 7.69. The fourth-order valence-electron chi connectivity index (χ4n) is 1.64. The molecule has 1 atom stereocenters. The zero-order valence-corrected chi connectivity index (χ0v) is 11.0. The first kappa shape index (κ1) is 12.7. The second kappa shape index (κ2) is 6.26. The summed E-state index contributed by atoms with van der Waals surface area (Å²) in [6.45, 7) is 2.52. The predicted molar refractivity (Wildman–Crippen MR) is 71.6 cm³/mol. The summed E-state index contributed by atoms with van der Waals surface area (Å²) < 4.78 is 5.23. The predicted octanol–water partition coefficient (Wildman–Crippen LogP) is 2.77. The third-order valence-corrected chi connectivity index (χ3v) is 3.34. The van der Waals surface area contributed by atoms with Crippen LogP contribution in [0.15, 0.2) is 40.3 Å². The molecule has 0 aliphatic rings. The molecule has 2 N–H and O–H groups in total. The topological polar surface area (TPSA) is 54.3 Å². The van der Waals surface area contributed by atoms with E-state index in [1.165, 1.54) is 0 Å². The monoisotopic (exact) mass is 264 g/mol. The Morgan fingerprint density at radius 2 is 2.33 bits per heavy atom. The third kappa shape index (κ3) is 3.92. The van der Waals surface area contributed by atoms with E-state index in [-0.39, 0.29) is 12.1 Å². The molecule has 2 heterocycles. The highest BCUT2D eigenvalue weighted by molar-refractivity contribution is 7.09. The van der Waals surface area contributed by atoms with Gasteiger partial charge in [0.05, 0.1) is 12.8 Å². The van der Waals surface area contributed by atoms with Gasteiger partial charge in [0, 0.05) is 17.3 Å². The summed E-state index contributed by atoms with van der Waals surface area (Å²) in [5.74, 6) is 0.876. The molecule has 0 spiro atoms. The lowest BCUT2D eigenvalue weighted by atomic mass is 10.2. The minimum atomic E-state index is -0.151. The number of furan rings is 1. The Bertz CT molecular complexity index is 465. The van der Waals surface area contributed by atoms with E-state index in [0.717, 1.165) is 10.6 Å². The molecule has 0 fully saturated rings. The Balaban J connectivity index is 1.70. The first-order valence-corrected chi connectivity index (χ1v) is 6.71. The Hall–Kier alpha value is -1.75. The van der Waals surface area contributed by atoms with Gasteiger partial charge in [-0.3, -0.25) is 0 Å². The van der Waals surface area contributed by atoms with Gasteiger partial charge < -0.3 is 15.1 Å². The first-order valence-electron chi connectivity index (χ1n) is 5.83. The summed E-state index contributed by atoms with van der Waals surface area (Å²) in [4.78, 5) is 12.8. The maximum atomic E-state index is 11.6. The average Bonchev–Trinajstić information content (AvgIpc) is 2.98. The Kier molecular flexibility index (Phi) is 4.41. The molecule has 2 aromatic rings. The molecule has 2 aromatic heterocycles. The van der Waals surface area contributed by atoms with Gasteiger partial charge in [0.2, 0.25) is 0 Å². The number of carbonyl (C=O) groups is 1. The van der Waals surface area contributed by atoms with Crippen LogP contribution in [0.2, 0.25) is 0 Å². The van der Waals surface area contributed by atoms with Gasteiger partial charge in [0.25, 0.3) is 0 Å². The molecule has 96 valence electrons. The first-order chi connectivity index (χ1) is 8.74. The normalized spacial score (nSPS) is 12.1. The Morgan fingerprint density at radius 1 is 1.44 bits per heavy atom. The van der Waals surface area contributed by atoms with E-state index in [9.17, 15) is 4.79 Å². The van der Waals surface area contributed by atoms with E-state index in [0.29, 0.717) is 13.0 Å². The molecule has 0 aliphatic carbocycles. The van der Waals surface area contributed by atoms with Crippen molar-refractivity contribution in [2.24, 2.45) is 0 Å². The molecular formula is C13H16N2O2S. The minimum Gasteiger partial charge on any atom is -0.469 e. The van der Waals surface area contributed by atoms with E-state index in [1.807, 2.05) is 36.6 Å². The van der Waals surface area contributed by atoms with E-state index in [1.54, 1.807) is 17.6 Å². The SMILES string of the molecule is C[C@H](Cc1ccco1)NC(=O)NCc1cccs1. The number of urea groups is 1. The van der Waals surface area contributed by atoms with Crippen LogP contribution in [0.25, 0.3) is 0 Å². The number of hydrogen-bond donors (Lipinski definition) is 2. The van der Waals surface area contributed by atoms with Crippen molar-refractivity contribution in [1.82, 2.24) is 10.6 Å². The fourth-order valence-corrected chi connectivity index (χ4v) is 2.28. The van der Waals surface area contributed by atoms with E-state index in [4.69, 9.17) is 4.42 Å². The lowest BCUT2D eigenvalue weighted by molar-refractivity contribution is 0.237. The molecule has 0 saturated carbocycles. The summed E-state index contributed by atoms with van der Waals surface area (Å²) >= 11 is 1.63. The highest BCUT2D eigenvalue weighted by atomic mass is 32.1. The fraction of sp³-hybridized carbons (Fsp3) is 0.308. The molecule has 2 rings (SSSR count). The summed E-state index contributed by atoms with van der Waals surface area (Å²) in [6.07, 6.45) is 2.33. The van der Waals surface area contributed by atoms with Crippen molar-refractivity contribution in [3.05, 3.63) is 46.5 Å². The maximum absolute atomic E-state index is 11.6. The van der Waals surface area contributed by atoms with E-state index < -0.39 is 0 Å². The number of nitrogens with one attached hydrogen (secondary N) is 2. The molecule has 4 nitrogen and oxygen atoms in total. The lowest BCUT2D eigenvalue weighted by Gasteiger charge is -2.13. The highest BCUT2D eigenvalue weighted by Gasteiger charge is 2.09. The lowest BCUT2D eigenvalue weighted by Crippen LogP contribution is -2.41. The van der Waals surface area contributed by atoms with Gasteiger partial charge in [-0.2, -0.15) is 0 Å². The zero-order chi connectivity index (χ0) is 12.8. The van der Waals surface area contributed by atoms with E-state index in [2.05, 4.69) is 10.6 Å². The second-order valence-electron chi connectivity index (χ2n) is 4.09. The molecule has 5 heteroatoms. The van der Waals surface area contributed by atoms with Crippen LogP contribution in [0.3, 0.4) is 0 Å². The zero-order valence-electron chi connectivity index (χ0n) is 10.2. The molecule has 0 radical (unpaired) electrons. The molecule has 0 unspecified atom stereocenters. The van der Waals surface area contributed by atoms with Crippen molar-refractivity contribution >= 4 is 17.4 Å². The van der Waals surface area contributed by atoms with Crippen molar-refractivity contribution in [3.63, 3.8) is 0 Å². The van der Waals surface area contributed by atoms with Crippen molar-refractivity contribution in [3.8, 4) is 0 Å². The van der Waals surface area contributed by atoms with Crippen LogP contribution in [0.4, 0.5) is 4.79 Å². The maximum Gasteiger partial charge on any atom is 0.315 e. The van der Waals surface area contributed by atoms with Crippen LogP contribution in [0, 0.1) is 0 Å². The van der Waals surface area contributed by atoms with Gasteiger partial charge in [0.1, 0.15) is 5.76 Å². The second-order valence-corrected chi connectivity index (χ2v) is 5.12. The quantitative estimate of drug-likeness (QED) is 0.872. The third-order valence-electron chi connectivity index (χ3n) is 2.47. The van der Waals surface area contributed by atoms with Crippen LogP contribution in [-0.4, -0.2) is 12.1 Å². The van der Waals surface area contributed by atoms with Crippen LogP contribution in [0.1, 0.15) is 17.6 Å². The molecule has 0 aromatic carbocycles. The van der Waals surface area contributed by atoms with Crippen LogP contribution in [0.5, 0.6) is 0 Å². The van der Waals surface area contributed by atoms with Gasteiger partial charge in [-0.05, 0) is 30.5 Å². The van der Waals surface area contributed by atoms with Gasteiger partial charge in [-0.1, -0.05) is 6.07 Å². The van der Waals surface area contributed by atoms with Gasteiger partial charge in [-0.25, -0.2) is 4.79 Å². The van der Waals surface area contributed by atoms with Crippen molar-refractivity contribution < 1.29 is 9.21 Å². The molecule has 18 heavy (non-hydrogen) atoms. The molecule has 0 bridgehead atoms. The number of amides is 2. The summed E-state index contributed by atoms with van der Waals surface area (Å²) in [5.41, 5.74) is 0. The molecule has 0 aliphatic heterocycles. The van der Waals surface area contributed by atoms with Crippen molar-refractivity contribution in [1.29, 1.82) is 0 Å². The standard InChI is InChI=1S/C13H16N2O2S/c1-10(8-11-4-2-6-17-11)15-13(16)14-9-12-5-3-7-18-12/h2-7,10H,8-9H2,1H3,(H2,14,15,16)/t10-/m1/s1. The summed E-state index contributed by atoms with van der Waals surface area (Å²) in [7, 11) is 0. The van der Waals surface area contributed by atoms with E-state index >= 15 is 0 Å². The van der Waals surface area contributed by atoms with Crippen molar-refractivity contribution in [2.75, 3.05) is 0 Å². The smallest absolute Gasteiger partial charge is 0.315 e. The Labute approximate surface area is 110 Å². The van der Waals surface area contributed by atoms with Crippen LogP contribution in [-0.2, 0) is 13.0 Å². The largest absolute Gasteiger partial charge is 0.469 e. The number of thiophene rings is 1. The molecule has 0 saturated heterocycles. The number of carbonyl (C=O) groups excluding carboxylic acids is 1. The van der Waals surface area contributed by atoms with Gasteiger partial charge in [0.15, 0.2) is 0 Å². The summed E-state index contributed by atoms with van der Waals surface area (Å²) in [6, 6.07) is 7.61. The molecule has 2 amide bonds. The Morgan fingerprint density at radius 3 is 3.00 bits per heavy atom. The van der Waals surface area contributed by atoms with Crippen LogP contribution >= 0.6 is 11.3 Å². The number of hydrogen-bond acceptors (Lipinski definition) is 3. The highest BCUT2D eigenvalue weighted by Crippen LogP contribution is 2.07. The van der Waals surface area contributed by atoms with Gasteiger partial charge >= 0.3 is 6.03 Å². The number of rotatable bonds is 5. The van der Waals surface area contributed by atoms with Crippen molar-refractivity contribution in [2.45, 2.75) is 25.9 Å². The minimum absolute atomic E-state index is 0.0412. The molecular weight excluding hydrogens is 248 g/mol. The average molecular weight is 264 g/mol. The van der Waals surface area contributed by atoms with Crippen LogP contribution < -0.4 is 10.6 Å².